The molecule has 1 atom stereocenters. The van der Waals surface area contributed by atoms with Crippen molar-refractivity contribution in [3.05, 3.63) is 59.1 Å². The highest BCUT2D eigenvalue weighted by Crippen LogP contribution is 2.22. The molecule has 0 aliphatic carbocycles. The molecule has 1 N–H and O–H groups in total. The van der Waals surface area contributed by atoms with Gasteiger partial charge in [-0.05, 0) is 29.8 Å². The fourth-order valence-corrected chi connectivity index (χ4v) is 1.93. The van der Waals surface area contributed by atoms with Crippen LogP contribution in [0.15, 0.2) is 48.5 Å². The van der Waals surface area contributed by atoms with Crippen LogP contribution in [0.5, 0.6) is 5.75 Å². The smallest absolute Gasteiger partial charge is 0.121 e. The van der Waals surface area contributed by atoms with Crippen LogP contribution in [0.25, 0.3) is 0 Å². The first-order valence-corrected chi connectivity index (χ1v) is 6.78. The van der Waals surface area contributed by atoms with E-state index in [0.29, 0.717) is 5.02 Å². The van der Waals surface area contributed by atoms with Crippen molar-refractivity contribution in [1.29, 1.82) is 0 Å². The molecule has 3 nitrogen and oxygen atoms in total. The molecule has 2 aromatic carbocycles. The van der Waals surface area contributed by atoms with E-state index in [0.717, 1.165) is 17.0 Å². The molecule has 0 aliphatic heterocycles. The van der Waals surface area contributed by atoms with Gasteiger partial charge in [0.15, 0.2) is 0 Å². The minimum atomic E-state index is -0.671. The molecule has 0 fully saturated rings. The third-order valence-corrected chi connectivity index (χ3v) is 3.25. The molecule has 2 rings (SSSR count). The third-order valence-electron chi connectivity index (χ3n) is 3.00. The zero-order chi connectivity index (χ0) is 14.5. The van der Waals surface area contributed by atoms with E-state index in [4.69, 9.17) is 16.3 Å². The summed E-state index contributed by atoms with van der Waals surface area (Å²) in [4.78, 5) is 2.00. The standard InChI is InChI=1S/C16H18ClNO2/c1-18(2)14-4-3-5-15(10-14)20-11-16(19)12-6-8-13(17)9-7-12/h3-10,16,19H,11H2,1-2H3/t16-/m0/s1. The van der Waals surface area contributed by atoms with Gasteiger partial charge in [-0.3, -0.25) is 0 Å². The average molecular weight is 292 g/mol. The van der Waals surface area contributed by atoms with Crippen molar-refractivity contribution in [3.63, 3.8) is 0 Å². The lowest BCUT2D eigenvalue weighted by atomic mass is 10.1. The highest BCUT2D eigenvalue weighted by molar-refractivity contribution is 6.30. The van der Waals surface area contributed by atoms with Gasteiger partial charge >= 0.3 is 0 Å². The number of halogens is 1. The van der Waals surface area contributed by atoms with E-state index in [1.54, 1.807) is 24.3 Å². The second-order valence-electron chi connectivity index (χ2n) is 4.77. The summed E-state index contributed by atoms with van der Waals surface area (Å²) in [6.07, 6.45) is -0.671. The Morgan fingerprint density at radius 2 is 1.85 bits per heavy atom. The van der Waals surface area contributed by atoms with Crippen LogP contribution in [-0.2, 0) is 0 Å². The largest absolute Gasteiger partial charge is 0.490 e. The van der Waals surface area contributed by atoms with Gasteiger partial charge in [-0.2, -0.15) is 0 Å². The lowest BCUT2D eigenvalue weighted by Crippen LogP contribution is -2.11. The maximum atomic E-state index is 10.1. The first-order valence-electron chi connectivity index (χ1n) is 6.40. The summed E-state index contributed by atoms with van der Waals surface area (Å²) in [7, 11) is 3.95. The van der Waals surface area contributed by atoms with Crippen molar-refractivity contribution in [2.24, 2.45) is 0 Å². The summed E-state index contributed by atoms with van der Waals surface area (Å²) < 4.78 is 5.63. The zero-order valence-corrected chi connectivity index (χ0v) is 12.3. The van der Waals surface area contributed by atoms with Gasteiger partial charge in [0.05, 0.1) is 0 Å². The highest BCUT2D eigenvalue weighted by Gasteiger charge is 2.08. The number of aliphatic hydroxyl groups excluding tert-OH is 1. The Labute approximate surface area is 124 Å². The van der Waals surface area contributed by atoms with Crippen molar-refractivity contribution in [2.45, 2.75) is 6.10 Å². The van der Waals surface area contributed by atoms with Gasteiger partial charge in [-0.1, -0.05) is 29.8 Å². The van der Waals surface area contributed by atoms with E-state index in [1.807, 2.05) is 43.3 Å². The van der Waals surface area contributed by atoms with Crippen LogP contribution in [0, 0.1) is 0 Å². The van der Waals surface area contributed by atoms with Crippen LogP contribution in [0.2, 0.25) is 5.02 Å². The third kappa shape index (κ3) is 3.89. The number of aliphatic hydroxyl groups is 1. The lowest BCUT2D eigenvalue weighted by Gasteiger charge is -2.16. The van der Waals surface area contributed by atoms with Crippen LogP contribution >= 0.6 is 11.6 Å². The Morgan fingerprint density at radius 1 is 1.15 bits per heavy atom. The van der Waals surface area contributed by atoms with Gasteiger partial charge in [-0.15, -0.1) is 0 Å². The van der Waals surface area contributed by atoms with E-state index in [9.17, 15) is 5.11 Å². The van der Waals surface area contributed by atoms with Gasteiger partial charge in [0.2, 0.25) is 0 Å². The summed E-state index contributed by atoms with van der Waals surface area (Å²) in [6.45, 7) is 0.207. The summed E-state index contributed by atoms with van der Waals surface area (Å²) >= 11 is 5.82. The molecule has 0 aliphatic rings. The normalized spacial score (nSPS) is 12.0. The molecule has 0 unspecified atom stereocenters. The van der Waals surface area contributed by atoms with Gasteiger partial charge in [-0.25, -0.2) is 0 Å². The minimum absolute atomic E-state index is 0.207. The molecule has 0 radical (unpaired) electrons. The number of ether oxygens (including phenoxy) is 1. The van der Waals surface area contributed by atoms with Crippen LogP contribution in [0.1, 0.15) is 11.7 Å². The SMILES string of the molecule is CN(C)c1cccc(OC[C@H](O)c2ccc(Cl)cc2)c1. The topological polar surface area (TPSA) is 32.7 Å². The Hall–Kier alpha value is -1.71. The van der Waals surface area contributed by atoms with Crippen molar-refractivity contribution in [1.82, 2.24) is 0 Å². The Balaban J connectivity index is 1.97. The van der Waals surface area contributed by atoms with Crippen LogP contribution in [0.4, 0.5) is 5.69 Å². The summed E-state index contributed by atoms with van der Waals surface area (Å²) in [5, 5.41) is 10.7. The molecule has 0 spiro atoms. The van der Waals surface area contributed by atoms with Crippen LogP contribution < -0.4 is 9.64 Å². The molecule has 0 saturated heterocycles. The quantitative estimate of drug-likeness (QED) is 0.915. The lowest BCUT2D eigenvalue weighted by molar-refractivity contribution is 0.108. The average Bonchev–Trinajstić information content (AvgIpc) is 2.46. The first-order chi connectivity index (χ1) is 9.56. The van der Waals surface area contributed by atoms with Gasteiger partial charge in [0.25, 0.3) is 0 Å². The fourth-order valence-electron chi connectivity index (χ4n) is 1.81. The predicted molar refractivity (Wildman–Crippen MR) is 82.7 cm³/mol. The van der Waals surface area contributed by atoms with Crippen molar-refractivity contribution in [2.75, 3.05) is 25.6 Å². The van der Waals surface area contributed by atoms with E-state index in [-0.39, 0.29) is 6.61 Å². The molecule has 4 heteroatoms. The molecule has 0 amide bonds. The molecule has 106 valence electrons. The van der Waals surface area contributed by atoms with Crippen LogP contribution in [0.3, 0.4) is 0 Å². The highest BCUT2D eigenvalue weighted by atomic mass is 35.5. The van der Waals surface area contributed by atoms with E-state index >= 15 is 0 Å². The monoisotopic (exact) mass is 291 g/mol. The number of nitrogens with zero attached hydrogens (tertiary/aromatic N) is 1. The van der Waals surface area contributed by atoms with Gasteiger partial charge in [0.1, 0.15) is 18.5 Å². The molecule has 0 bridgehead atoms. The summed E-state index contributed by atoms with van der Waals surface area (Å²) in [5.74, 6) is 0.740. The number of benzene rings is 2. The van der Waals surface area contributed by atoms with Gasteiger partial charge < -0.3 is 14.7 Å². The number of hydrogen-bond donors (Lipinski definition) is 1. The Morgan fingerprint density at radius 3 is 2.50 bits per heavy atom. The molecule has 0 aromatic heterocycles. The van der Waals surface area contributed by atoms with Crippen molar-refractivity contribution in [3.8, 4) is 5.75 Å². The minimum Gasteiger partial charge on any atom is -0.490 e. The van der Waals surface area contributed by atoms with Gasteiger partial charge in [0, 0.05) is 30.9 Å². The molecule has 2 aromatic rings. The maximum absolute atomic E-state index is 10.1. The number of hydrogen-bond acceptors (Lipinski definition) is 3. The van der Waals surface area contributed by atoms with E-state index < -0.39 is 6.10 Å². The Bertz CT molecular complexity index is 555. The summed E-state index contributed by atoms with van der Waals surface area (Å²) in [5.41, 5.74) is 1.85. The van der Waals surface area contributed by atoms with E-state index in [1.165, 1.54) is 0 Å². The second-order valence-corrected chi connectivity index (χ2v) is 5.21. The molecule has 0 heterocycles. The maximum Gasteiger partial charge on any atom is 0.121 e. The Kier molecular flexibility index (Phi) is 4.88. The fraction of sp³-hybridized carbons (Fsp3) is 0.250. The van der Waals surface area contributed by atoms with Crippen LogP contribution in [-0.4, -0.2) is 25.8 Å². The molecular formula is C16H18ClNO2. The zero-order valence-electron chi connectivity index (χ0n) is 11.6. The number of rotatable bonds is 5. The second kappa shape index (κ2) is 6.64. The summed E-state index contributed by atoms with van der Waals surface area (Å²) in [6, 6.07) is 14.9. The molecule has 20 heavy (non-hydrogen) atoms. The van der Waals surface area contributed by atoms with E-state index in [2.05, 4.69) is 0 Å². The number of anilines is 1. The van der Waals surface area contributed by atoms with Crippen molar-refractivity contribution < 1.29 is 9.84 Å². The predicted octanol–water partition coefficient (Wildman–Crippen LogP) is 3.52. The molecular weight excluding hydrogens is 274 g/mol. The molecule has 0 saturated carbocycles. The van der Waals surface area contributed by atoms with Crippen molar-refractivity contribution >= 4 is 17.3 Å². The first kappa shape index (κ1) is 14.7.